The summed E-state index contributed by atoms with van der Waals surface area (Å²) in [6.07, 6.45) is 2.18. The number of hydrazine groups is 1. The second kappa shape index (κ2) is 8.92. The van der Waals surface area contributed by atoms with Crippen LogP contribution in [0.5, 0.6) is 0 Å². The van der Waals surface area contributed by atoms with Gasteiger partial charge in [-0.3, -0.25) is 5.43 Å². The molecule has 138 valence electrons. The Kier molecular flexibility index (Phi) is 6.63. The number of aromatic nitrogens is 2. The van der Waals surface area contributed by atoms with Gasteiger partial charge < -0.3 is 10.1 Å². The van der Waals surface area contributed by atoms with Gasteiger partial charge in [-0.15, -0.1) is 0 Å². The summed E-state index contributed by atoms with van der Waals surface area (Å²) in [6, 6.07) is 7.37. The Morgan fingerprint density at radius 1 is 1.15 bits per heavy atom. The van der Waals surface area contributed by atoms with E-state index in [4.69, 9.17) is 12.2 Å². The molecule has 4 N–H and O–H groups in total. The summed E-state index contributed by atoms with van der Waals surface area (Å²) in [6.45, 7) is 1.90. The Hall–Kier alpha value is -2.99. The van der Waals surface area contributed by atoms with Crippen molar-refractivity contribution in [3.63, 3.8) is 0 Å². The molecule has 1 aromatic heterocycles. The summed E-state index contributed by atoms with van der Waals surface area (Å²) in [5, 5.41) is 2.88. The second-order valence-corrected chi connectivity index (χ2v) is 6.72. The molecule has 0 fully saturated rings. The Bertz CT molecular complexity index is 859. The average molecular weight is 396 g/mol. The lowest BCUT2D eigenvalue weighted by atomic mass is 10.3. The monoisotopic (exact) mass is 396 g/mol. The number of hydrogen-bond acceptors (Lipinski definition) is 7. The zero-order valence-electron chi connectivity index (χ0n) is 13.6. The van der Waals surface area contributed by atoms with Crippen molar-refractivity contribution in [1.82, 2.24) is 20.8 Å². The molecular weight excluding hydrogens is 380 g/mol. The Morgan fingerprint density at radius 2 is 1.81 bits per heavy atom. The summed E-state index contributed by atoms with van der Waals surface area (Å²) in [4.78, 5) is 18.8. The standard InChI is InChI=1S/C14H16N6O4S2/c1-2-24-14(21)19-18-13(25)17-10-4-6-11(7-5-10)26(22,23)20-12-15-8-3-9-16-12/h3-9H,2H2,1H3,(H,19,21)(H,15,16,20)(H2,17,18,25). The first-order chi connectivity index (χ1) is 12.4. The fourth-order valence-electron chi connectivity index (χ4n) is 1.69. The van der Waals surface area contributed by atoms with Gasteiger partial charge in [0.1, 0.15) is 0 Å². The van der Waals surface area contributed by atoms with E-state index in [9.17, 15) is 13.2 Å². The van der Waals surface area contributed by atoms with Gasteiger partial charge in [0.2, 0.25) is 5.95 Å². The van der Waals surface area contributed by atoms with Crippen LogP contribution in [-0.2, 0) is 14.8 Å². The quantitative estimate of drug-likeness (QED) is 0.435. The molecule has 12 heteroatoms. The first-order valence-electron chi connectivity index (χ1n) is 7.30. The second-order valence-electron chi connectivity index (χ2n) is 4.63. The highest BCUT2D eigenvalue weighted by Gasteiger charge is 2.15. The smallest absolute Gasteiger partial charge is 0.425 e. The van der Waals surface area contributed by atoms with Gasteiger partial charge in [0.05, 0.1) is 11.5 Å². The number of hydrogen-bond donors (Lipinski definition) is 4. The molecule has 0 unspecified atom stereocenters. The summed E-state index contributed by atoms with van der Waals surface area (Å²) in [5.74, 6) is -0.0230. The highest BCUT2D eigenvalue weighted by molar-refractivity contribution is 7.92. The maximum Gasteiger partial charge on any atom is 0.425 e. The molecular formula is C14H16N6O4S2. The van der Waals surface area contributed by atoms with Crippen LogP contribution in [0, 0.1) is 0 Å². The largest absolute Gasteiger partial charge is 0.449 e. The van der Waals surface area contributed by atoms with E-state index >= 15 is 0 Å². The van der Waals surface area contributed by atoms with Crippen molar-refractivity contribution >= 4 is 45.1 Å². The normalized spacial score (nSPS) is 10.5. The molecule has 0 saturated carbocycles. The SMILES string of the molecule is CCOC(=O)NNC(=S)Nc1ccc(S(=O)(=O)Nc2ncccn2)cc1. The van der Waals surface area contributed by atoms with E-state index in [1.807, 2.05) is 0 Å². The maximum atomic E-state index is 12.3. The Labute approximate surface area is 155 Å². The zero-order valence-corrected chi connectivity index (χ0v) is 15.2. The number of ether oxygens (including phenoxy) is 1. The van der Waals surface area contributed by atoms with Gasteiger partial charge in [0.25, 0.3) is 10.0 Å². The summed E-state index contributed by atoms with van der Waals surface area (Å²) >= 11 is 4.99. The number of anilines is 2. The predicted octanol–water partition coefficient (Wildman–Crippen LogP) is 1.22. The summed E-state index contributed by atoms with van der Waals surface area (Å²) in [5.41, 5.74) is 5.19. The Morgan fingerprint density at radius 3 is 2.42 bits per heavy atom. The van der Waals surface area contributed by atoms with Gasteiger partial charge in [0, 0.05) is 18.1 Å². The highest BCUT2D eigenvalue weighted by Crippen LogP contribution is 2.16. The number of sulfonamides is 1. The first kappa shape index (κ1) is 19.3. The van der Waals surface area contributed by atoms with Crippen molar-refractivity contribution < 1.29 is 17.9 Å². The van der Waals surface area contributed by atoms with Crippen LogP contribution in [0.25, 0.3) is 0 Å². The molecule has 0 spiro atoms. The number of rotatable bonds is 5. The molecule has 2 aromatic rings. The van der Waals surface area contributed by atoms with E-state index in [1.165, 1.54) is 36.7 Å². The maximum absolute atomic E-state index is 12.3. The van der Waals surface area contributed by atoms with Crippen LogP contribution in [0.2, 0.25) is 0 Å². The van der Waals surface area contributed by atoms with E-state index in [1.54, 1.807) is 13.0 Å². The van der Waals surface area contributed by atoms with Gasteiger partial charge in [-0.05, 0) is 49.5 Å². The summed E-state index contributed by atoms with van der Waals surface area (Å²) in [7, 11) is -3.81. The molecule has 26 heavy (non-hydrogen) atoms. The van der Waals surface area contributed by atoms with Gasteiger partial charge in [-0.2, -0.15) is 0 Å². The van der Waals surface area contributed by atoms with Crippen molar-refractivity contribution in [3.8, 4) is 0 Å². The van der Waals surface area contributed by atoms with Crippen LogP contribution in [0.15, 0.2) is 47.6 Å². The number of carbonyl (C=O) groups is 1. The molecule has 2 rings (SSSR count). The fourth-order valence-corrected chi connectivity index (χ4v) is 2.81. The molecule has 1 amide bonds. The first-order valence-corrected chi connectivity index (χ1v) is 9.19. The molecule has 0 atom stereocenters. The van der Waals surface area contributed by atoms with E-state index in [0.29, 0.717) is 5.69 Å². The van der Waals surface area contributed by atoms with Crippen molar-refractivity contribution in [2.45, 2.75) is 11.8 Å². The predicted molar refractivity (Wildman–Crippen MR) is 98.8 cm³/mol. The lowest BCUT2D eigenvalue weighted by molar-refractivity contribution is 0.150. The molecule has 0 aliphatic heterocycles. The summed E-state index contributed by atoms with van der Waals surface area (Å²) < 4.78 is 31.5. The minimum absolute atomic E-state index is 0.0230. The van der Waals surface area contributed by atoms with Gasteiger partial charge >= 0.3 is 6.09 Å². The third-order valence-electron chi connectivity index (χ3n) is 2.77. The number of nitrogens with zero attached hydrogens (tertiary/aromatic N) is 2. The number of nitrogens with one attached hydrogen (secondary N) is 4. The number of carbonyl (C=O) groups excluding carboxylic acids is 1. The Balaban J connectivity index is 1.95. The minimum Gasteiger partial charge on any atom is -0.449 e. The molecule has 1 heterocycles. The van der Waals surface area contributed by atoms with Crippen LogP contribution in [0.3, 0.4) is 0 Å². The van der Waals surface area contributed by atoms with Crippen LogP contribution in [-0.4, -0.2) is 36.2 Å². The molecule has 0 aliphatic rings. The molecule has 0 saturated heterocycles. The zero-order chi connectivity index (χ0) is 19.0. The lowest BCUT2D eigenvalue weighted by Gasteiger charge is -2.12. The minimum atomic E-state index is -3.81. The van der Waals surface area contributed by atoms with E-state index in [2.05, 4.69) is 35.6 Å². The number of benzene rings is 1. The lowest BCUT2D eigenvalue weighted by Crippen LogP contribution is -2.44. The van der Waals surface area contributed by atoms with E-state index < -0.39 is 16.1 Å². The number of amides is 1. The number of thiocarbonyl (C=S) groups is 1. The van der Waals surface area contributed by atoms with Crippen molar-refractivity contribution in [2.75, 3.05) is 16.6 Å². The molecule has 0 aliphatic carbocycles. The topological polar surface area (TPSA) is 134 Å². The van der Waals surface area contributed by atoms with Crippen molar-refractivity contribution in [3.05, 3.63) is 42.7 Å². The van der Waals surface area contributed by atoms with Crippen LogP contribution < -0.4 is 20.9 Å². The molecule has 10 nitrogen and oxygen atoms in total. The third-order valence-corrected chi connectivity index (χ3v) is 4.32. The van der Waals surface area contributed by atoms with Crippen molar-refractivity contribution in [2.24, 2.45) is 0 Å². The van der Waals surface area contributed by atoms with Crippen LogP contribution >= 0.6 is 12.2 Å². The average Bonchev–Trinajstić information content (AvgIpc) is 2.61. The van der Waals surface area contributed by atoms with E-state index in [-0.39, 0.29) is 22.6 Å². The molecule has 1 aromatic carbocycles. The molecule has 0 bridgehead atoms. The van der Waals surface area contributed by atoms with Crippen molar-refractivity contribution in [1.29, 1.82) is 0 Å². The van der Waals surface area contributed by atoms with Crippen LogP contribution in [0.4, 0.5) is 16.4 Å². The van der Waals surface area contributed by atoms with E-state index in [0.717, 1.165) is 0 Å². The van der Waals surface area contributed by atoms with Gasteiger partial charge in [-0.1, -0.05) is 0 Å². The van der Waals surface area contributed by atoms with Crippen LogP contribution in [0.1, 0.15) is 6.92 Å². The third kappa shape index (κ3) is 5.82. The van der Waals surface area contributed by atoms with Gasteiger partial charge in [0.15, 0.2) is 5.11 Å². The highest BCUT2D eigenvalue weighted by atomic mass is 32.2. The van der Waals surface area contributed by atoms with Gasteiger partial charge in [-0.25, -0.2) is 33.3 Å². The fraction of sp³-hybridized carbons (Fsp3) is 0.143. The molecule has 0 radical (unpaired) electrons.